The monoisotopic (exact) mass is 902 g/mol. The zero-order chi connectivity index (χ0) is 46.9. The van der Waals surface area contributed by atoms with Gasteiger partial charge in [-0.25, -0.2) is 0 Å². The highest BCUT2D eigenvalue weighted by atomic mass is 15.1. The number of aromatic nitrogens is 1. The predicted octanol–water partition coefficient (Wildman–Crippen LogP) is 18.3. The van der Waals surface area contributed by atoms with Crippen molar-refractivity contribution in [2.75, 3.05) is 4.90 Å². The highest BCUT2D eigenvalue weighted by Gasteiger charge is 2.46. The van der Waals surface area contributed by atoms with Crippen molar-refractivity contribution in [1.82, 2.24) is 4.57 Å². The van der Waals surface area contributed by atoms with Crippen molar-refractivity contribution >= 4 is 60.4 Å². The number of hydrogen-bond acceptors (Lipinski definition) is 1. The Labute approximate surface area is 413 Å². The van der Waals surface area contributed by atoms with E-state index < -0.39 is 5.41 Å². The Morgan fingerprint density at radius 1 is 0.282 bits per heavy atom. The van der Waals surface area contributed by atoms with Gasteiger partial charge in [-0.05, 0) is 103 Å². The Morgan fingerprint density at radius 2 is 0.775 bits per heavy atom. The Hall–Kier alpha value is -9.24. The summed E-state index contributed by atoms with van der Waals surface area (Å²) in [6, 6.07) is 103. The van der Waals surface area contributed by atoms with Crippen molar-refractivity contribution in [1.29, 1.82) is 0 Å². The van der Waals surface area contributed by atoms with Crippen LogP contribution < -0.4 is 4.90 Å². The van der Waals surface area contributed by atoms with Crippen molar-refractivity contribution in [3.8, 4) is 39.1 Å². The van der Waals surface area contributed by atoms with Gasteiger partial charge in [0.1, 0.15) is 0 Å². The lowest BCUT2D eigenvalue weighted by Gasteiger charge is -2.33. The summed E-state index contributed by atoms with van der Waals surface area (Å²) in [5.41, 5.74) is 18.9. The summed E-state index contributed by atoms with van der Waals surface area (Å²) in [6.07, 6.45) is 0. The molecule has 0 saturated heterocycles. The maximum Gasteiger partial charge on any atom is 0.0713 e. The number of nitrogens with zero attached hydrogens (tertiary/aromatic N) is 2. The molecular weight excluding hydrogens is 857 g/mol. The lowest BCUT2D eigenvalue weighted by molar-refractivity contribution is 0.768. The third kappa shape index (κ3) is 6.35. The fourth-order valence-corrected chi connectivity index (χ4v) is 12.0. The second kappa shape index (κ2) is 16.5. The van der Waals surface area contributed by atoms with E-state index in [-0.39, 0.29) is 0 Å². The van der Waals surface area contributed by atoms with E-state index in [9.17, 15) is 0 Å². The van der Waals surface area contributed by atoms with E-state index in [1.807, 2.05) is 0 Å². The molecule has 0 radical (unpaired) electrons. The SMILES string of the molecule is c1ccc(C2(c3ccccc3)c3ccccc3-c3cc(-n4c5ccccc5c5ccc(-c6ccc(-c7ccccc7N(c7cccc8ccccc78)c7cccc8ccccc78)cc6)cc54)ccc32)cc1. The molecule has 71 heavy (non-hydrogen) atoms. The Balaban J connectivity index is 0.897. The Kier molecular flexibility index (Phi) is 9.47. The first-order valence-corrected chi connectivity index (χ1v) is 24.6. The molecule has 2 nitrogen and oxygen atoms in total. The predicted molar refractivity (Wildman–Crippen MR) is 299 cm³/mol. The maximum absolute atomic E-state index is 2.47. The number of benzene rings is 12. The second-order valence-corrected chi connectivity index (χ2v) is 18.8. The molecule has 0 N–H and O–H groups in total. The van der Waals surface area contributed by atoms with E-state index in [0.29, 0.717) is 0 Å². The molecule has 1 aliphatic rings. The Bertz CT molecular complexity index is 4040. The largest absolute Gasteiger partial charge is 0.309 e. The molecule has 0 saturated carbocycles. The molecule has 0 aliphatic heterocycles. The summed E-state index contributed by atoms with van der Waals surface area (Å²) in [6.45, 7) is 0. The molecule has 13 aromatic rings. The Morgan fingerprint density at radius 3 is 1.46 bits per heavy atom. The molecule has 1 heterocycles. The minimum absolute atomic E-state index is 0.447. The summed E-state index contributed by atoms with van der Waals surface area (Å²) in [7, 11) is 0. The molecule has 1 aromatic heterocycles. The molecule has 0 bridgehead atoms. The average Bonchev–Trinajstić information content (AvgIpc) is 3.95. The van der Waals surface area contributed by atoms with Gasteiger partial charge in [0, 0.05) is 32.8 Å². The van der Waals surface area contributed by atoms with Crippen LogP contribution in [0.3, 0.4) is 0 Å². The van der Waals surface area contributed by atoms with Gasteiger partial charge in [0.25, 0.3) is 0 Å². The number of rotatable bonds is 8. The van der Waals surface area contributed by atoms with Gasteiger partial charge in [0.15, 0.2) is 0 Å². The first kappa shape index (κ1) is 40.8. The van der Waals surface area contributed by atoms with E-state index in [1.165, 1.54) is 87.9 Å². The van der Waals surface area contributed by atoms with Gasteiger partial charge < -0.3 is 9.47 Å². The minimum Gasteiger partial charge on any atom is -0.309 e. The van der Waals surface area contributed by atoms with Crippen LogP contribution in [-0.2, 0) is 5.41 Å². The topological polar surface area (TPSA) is 8.17 Å². The first-order chi connectivity index (χ1) is 35.2. The van der Waals surface area contributed by atoms with E-state index >= 15 is 0 Å². The van der Waals surface area contributed by atoms with Gasteiger partial charge in [0.05, 0.1) is 33.5 Å². The summed E-state index contributed by atoms with van der Waals surface area (Å²) in [5, 5.41) is 7.31. The van der Waals surface area contributed by atoms with Crippen LogP contribution in [0.4, 0.5) is 17.1 Å². The van der Waals surface area contributed by atoms with Crippen molar-refractivity contribution in [3.05, 3.63) is 301 Å². The molecule has 12 aromatic carbocycles. The number of anilines is 3. The molecule has 1 aliphatic carbocycles. The maximum atomic E-state index is 2.47. The van der Waals surface area contributed by atoms with Gasteiger partial charge >= 0.3 is 0 Å². The van der Waals surface area contributed by atoms with E-state index in [0.717, 1.165) is 33.9 Å². The van der Waals surface area contributed by atoms with Crippen LogP contribution in [0.1, 0.15) is 22.3 Å². The molecule has 0 spiro atoms. The standard InChI is InChI=1S/C69H46N2/c1-3-23-52(24-4-1)69(53-25-5-2-6-26-53)62-32-14-11-30-58(62)61-46-54(42-44-63(61)69)70-67-34-16-13-31-59(67)60-43-41-51(45-68(60)70)47-37-39-50(40-38-47)57-29-12-15-33-64(57)71(65-35-17-21-48-19-7-9-27-55(48)65)66-36-18-22-49-20-8-10-28-56(49)66/h1-46H. The average molecular weight is 903 g/mol. The quantitative estimate of drug-likeness (QED) is 0.147. The summed E-state index contributed by atoms with van der Waals surface area (Å²) < 4.78 is 2.47. The normalized spacial score (nSPS) is 12.6. The van der Waals surface area contributed by atoms with Crippen LogP contribution in [0, 0.1) is 0 Å². The van der Waals surface area contributed by atoms with Crippen LogP contribution in [0.5, 0.6) is 0 Å². The molecule has 0 fully saturated rings. The fraction of sp³-hybridized carbons (Fsp3) is 0.0145. The molecule has 14 rings (SSSR count). The molecule has 0 atom stereocenters. The van der Waals surface area contributed by atoms with Crippen LogP contribution in [-0.4, -0.2) is 4.57 Å². The molecular formula is C69H46N2. The lowest BCUT2D eigenvalue weighted by Crippen LogP contribution is -2.28. The summed E-state index contributed by atoms with van der Waals surface area (Å²) >= 11 is 0. The summed E-state index contributed by atoms with van der Waals surface area (Å²) in [4.78, 5) is 2.46. The highest BCUT2D eigenvalue weighted by molar-refractivity contribution is 6.11. The third-order valence-corrected chi connectivity index (χ3v) is 15.1. The van der Waals surface area contributed by atoms with Crippen molar-refractivity contribution < 1.29 is 0 Å². The van der Waals surface area contributed by atoms with Gasteiger partial charge in [-0.15, -0.1) is 0 Å². The summed E-state index contributed by atoms with van der Waals surface area (Å²) in [5.74, 6) is 0. The zero-order valence-electron chi connectivity index (χ0n) is 39.0. The van der Waals surface area contributed by atoms with Gasteiger partial charge in [-0.2, -0.15) is 0 Å². The number of fused-ring (bicyclic) bond motifs is 8. The van der Waals surface area contributed by atoms with E-state index in [4.69, 9.17) is 0 Å². The van der Waals surface area contributed by atoms with Crippen molar-refractivity contribution in [2.24, 2.45) is 0 Å². The lowest BCUT2D eigenvalue weighted by atomic mass is 9.68. The van der Waals surface area contributed by atoms with Crippen LogP contribution in [0.25, 0.3) is 82.4 Å². The van der Waals surface area contributed by atoms with Crippen molar-refractivity contribution in [2.45, 2.75) is 5.41 Å². The fourth-order valence-electron chi connectivity index (χ4n) is 12.0. The molecule has 0 unspecified atom stereocenters. The highest BCUT2D eigenvalue weighted by Crippen LogP contribution is 2.57. The third-order valence-electron chi connectivity index (χ3n) is 15.1. The minimum atomic E-state index is -0.447. The van der Waals surface area contributed by atoms with Crippen molar-refractivity contribution in [3.63, 3.8) is 0 Å². The van der Waals surface area contributed by atoms with E-state index in [2.05, 4.69) is 289 Å². The number of hydrogen-bond donors (Lipinski definition) is 0. The molecule has 0 amide bonds. The van der Waals surface area contributed by atoms with Gasteiger partial charge in [0.2, 0.25) is 0 Å². The van der Waals surface area contributed by atoms with Gasteiger partial charge in [-0.1, -0.05) is 237 Å². The second-order valence-electron chi connectivity index (χ2n) is 18.8. The van der Waals surface area contributed by atoms with Crippen LogP contribution in [0.2, 0.25) is 0 Å². The van der Waals surface area contributed by atoms with Gasteiger partial charge in [-0.3, -0.25) is 0 Å². The van der Waals surface area contributed by atoms with Crippen LogP contribution in [0.15, 0.2) is 279 Å². The zero-order valence-corrected chi connectivity index (χ0v) is 39.0. The number of para-hydroxylation sites is 2. The van der Waals surface area contributed by atoms with Crippen LogP contribution >= 0.6 is 0 Å². The smallest absolute Gasteiger partial charge is 0.0713 e. The van der Waals surface area contributed by atoms with E-state index in [1.54, 1.807) is 0 Å². The molecule has 2 heteroatoms. The molecule has 332 valence electrons. The first-order valence-electron chi connectivity index (χ1n) is 24.6.